The van der Waals surface area contributed by atoms with Crippen LogP contribution in [0.3, 0.4) is 0 Å². The molecule has 3 aromatic rings. The van der Waals surface area contributed by atoms with E-state index in [1.54, 1.807) is 30.3 Å². The molecule has 0 atom stereocenters. The van der Waals surface area contributed by atoms with Crippen LogP contribution in [0.4, 0.5) is 0 Å². The van der Waals surface area contributed by atoms with E-state index in [1.165, 1.54) is 6.92 Å². The van der Waals surface area contributed by atoms with Gasteiger partial charge >= 0.3 is 5.97 Å². The van der Waals surface area contributed by atoms with E-state index < -0.39 is 0 Å². The van der Waals surface area contributed by atoms with Crippen molar-refractivity contribution in [2.45, 2.75) is 6.92 Å². The predicted octanol–water partition coefficient (Wildman–Crippen LogP) is 3.25. The Hall–Kier alpha value is -2.53. The summed E-state index contributed by atoms with van der Waals surface area (Å²) in [7, 11) is 0. The molecule has 0 aliphatic rings. The van der Waals surface area contributed by atoms with Crippen LogP contribution in [-0.4, -0.2) is 11.0 Å². The Kier molecular flexibility index (Phi) is 3.50. The molecule has 0 amide bonds. The van der Waals surface area contributed by atoms with E-state index in [1.807, 2.05) is 18.2 Å². The van der Waals surface area contributed by atoms with Crippen molar-refractivity contribution in [3.63, 3.8) is 0 Å². The van der Waals surface area contributed by atoms with E-state index in [0.717, 1.165) is 16.9 Å². The van der Waals surface area contributed by atoms with Gasteiger partial charge in [0.15, 0.2) is 0 Å². The molecule has 0 radical (unpaired) electrons. The van der Waals surface area contributed by atoms with Gasteiger partial charge in [-0.15, -0.1) is 0 Å². The average Bonchev–Trinajstić information content (AvgIpc) is 2.47. The molecule has 0 fully saturated rings. The first-order valence-corrected chi connectivity index (χ1v) is 7.14. The van der Waals surface area contributed by atoms with Crippen LogP contribution in [0.15, 0.2) is 53.3 Å². The van der Waals surface area contributed by atoms with Gasteiger partial charge in [0.05, 0.1) is 10.9 Å². The van der Waals surface area contributed by atoms with E-state index in [9.17, 15) is 9.59 Å². The summed E-state index contributed by atoms with van der Waals surface area (Å²) in [6.45, 7) is 1.35. The van der Waals surface area contributed by atoms with Crippen molar-refractivity contribution in [1.29, 1.82) is 0 Å². The van der Waals surface area contributed by atoms with Crippen LogP contribution in [0.25, 0.3) is 21.5 Å². The molecule has 0 bridgehead atoms. The first-order chi connectivity index (χ1) is 10.1. The average molecular weight is 297 g/mol. The molecule has 1 aromatic heterocycles. The second kappa shape index (κ2) is 5.46. The third-order valence-electron chi connectivity index (χ3n) is 2.90. The predicted molar refractivity (Wildman–Crippen MR) is 82.6 cm³/mol. The summed E-state index contributed by atoms with van der Waals surface area (Å²) in [5, 5.41) is 1.27. The third-order valence-corrected chi connectivity index (χ3v) is 3.82. The zero-order valence-corrected chi connectivity index (χ0v) is 12.0. The Balaban J connectivity index is 2.04. The SMILES string of the molecule is CC(=O)Oc1ccc(-c2nc3ccccc3c(=O)s2)cc1. The van der Waals surface area contributed by atoms with Gasteiger partial charge in [0, 0.05) is 12.5 Å². The summed E-state index contributed by atoms with van der Waals surface area (Å²) in [4.78, 5) is 27.5. The highest BCUT2D eigenvalue weighted by Crippen LogP contribution is 2.24. The molecule has 0 unspecified atom stereocenters. The molecule has 1 heterocycles. The lowest BCUT2D eigenvalue weighted by atomic mass is 10.2. The first-order valence-electron chi connectivity index (χ1n) is 6.32. The molecule has 0 saturated heterocycles. The maximum absolute atomic E-state index is 12.1. The summed E-state index contributed by atoms with van der Waals surface area (Å²) in [6.07, 6.45) is 0. The fraction of sp³-hybridized carbons (Fsp3) is 0.0625. The van der Waals surface area contributed by atoms with Crippen LogP contribution >= 0.6 is 11.3 Å². The molecule has 104 valence electrons. The van der Waals surface area contributed by atoms with Gasteiger partial charge in [0.2, 0.25) is 4.74 Å². The van der Waals surface area contributed by atoms with Crippen molar-refractivity contribution in [2.75, 3.05) is 0 Å². The van der Waals surface area contributed by atoms with Gasteiger partial charge in [-0.1, -0.05) is 23.5 Å². The summed E-state index contributed by atoms with van der Waals surface area (Å²) < 4.78 is 4.97. The molecule has 0 aliphatic carbocycles. The van der Waals surface area contributed by atoms with Gasteiger partial charge in [-0.25, -0.2) is 4.98 Å². The first kappa shape index (κ1) is 13.5. The lowest BCUT2D eigenvalue weighted by Crippen LogP contribution is -2.01. The van der Waals surface area contributed by atoms with E-state index in [4.69, 9.17) is 4.74 Å². The minimum atomic E-state index is -0.365. The normalized spacial score (nSPS) is 10.5. The maximum atomic E-state index is 12.1. The standard InChI is InChI=1S/C16H11NO3S/c1-10(18)20-12-8-6-11(7-9-12)15-17-14-5-3-2-4-13(14)16(19)21-15/h2-9H,1H3. The lowest BCUT2D eigenvalue weighted by Gasteiger charge is -2.04. The van der Waals surface area contributed by atoms with E-state index in [2.05, 4.69) is 4.98 Å². The van der Waals surface area contributed by atoms with Crippen molar-refractivity contribution < 1.29 is 9.53 Å². The van der Waals surface area contributed by atoms with Gasteiger partial charge in [0.25, 0.3) is 0 Å². The Morgan fingerprint density at radius 2 is 1.81 bits per heavy atom. The molecule has 0 saturated carbocycles. The van der Waals surface area contributed by atoms with Gasteiger partial charge in [-0.05, 0) is 36.4 Å². The number of hydrogen-bond acceptors (Lipinski definition) is 5. The largest absolute Gasteiger partial charge is 0.427 e. The molecule has 0 aliphatic heterocycles. The van der Waals surface area contributed by atoms with Crippen molar-refractivity contribution in [3.05, 3.63) is 58.1 Å². The third kappa shape index (κ3) is 2.83. The number of fused-ring (bicyclic) bond motifs is 1. The number of carbonyl (C=O) groups excluding carboxylic acids is 1. The smallest absolute Gasteiger partial charge is 0.308 e. The number of rotatable bonds is 2. The number of carbonyl (C=O) groups is 1. The maximum Gasteiger partial charge on any atom is 0.308 e. The van der Waals surface area contributed by atoms with Gasteiger partial charge in [0.1, 0.15) is 10.8 Å². The second-order valence-electron chi connectivity index (χ2n) is 4.44. The highest BCUT2D eigenvalue weighted by Gasteiger charge is 2.07. The quantitative estimate of drug-likeness (QED) is 0.538. The molecule has 0 spiro atoms. The van der Waals surface area contributed by atoms with Crippen LogP contribution in [0, 0.1) is 0 Å². The number of aromatic nitrogens is 1. The number of nitrogens with zero attached hydrogens (tertiary/aromatic N) is 1. The number of para-hydroxylation sites is 1. The van der Waals surface area contributed by atoms with Crippen LogP contribution in [-0.2, 0) is 4.79 Å². The monoisotopic (exact) mass is 297 g/mol. The number of esters is 1. The van der Waals surface area contributed by atoms with Crippen molar-refractivity contribution in [3.8, 4) is 16.3 Å². The van der Waals surface area contributed by atoms with E-state index in [-0.39, 0.29) is 10.7 Å². The van der Waals surface area contributed by atoms with Gasteiger partial charge < -0.3 is 4.74 Å². The number of benzene rings is 2. The molecule has 2 aromatic carbocycles. The van der Waals surface area contributed by atoms with Crippen molar-refractivity contribution >= 4 is 28.2 Å². The van der Waals surface area contributed by atoms with Crippen molar-refractivity contribution in [2.24, 2.45) is 0 Å². The van der Waals surface area contributed by atoms with E-state index in [0.29, 0.717) is 21.7 Å². The zero-order valence-electron chi connectivity index (χ0n) is 11.2. The Morgan fingerprint density at radius 3 is 2.52 bits per heavy atom. The minimum absolute atomic E-state index is 0.0142. The molecule has 5 heteroatoms. The van der Waals surface area contributed by atoms with Crippen LogP contribution in [0.5, 0.6) is 5.75 Å². The zero-order chi connectivity index (χ0) is 14.8. The highest BCUT2D eigenvalue weighted by atomic mass is 32.1. The summed E-state index contributed by atoms with van der Waals surface area (Å²) >= 11 is 1.11. The van der Waals surface area contributed by atoms with Crippen molar-refractivity contribution in [1.82, 2.24) is 4.98 Å². The molecule has 4 nitrogen and oxygen atoms in total. The minimum Gasteiger partial charge on any atom is -0.427 e. The second-order valence-corrected chi connectivity index (χ2v) is 5.40. The number of ether oxygens (including phenoxy) is 1. The summed E-state index contributed by atoms with van der Waals surface area (Å²) in [5.41, 5.74) is 1.50. The topological polar surface area (TPSA) is 56.3 Å². The summed E-state index contributed by atoms with van der Waals surface area (Å²) in [6, 6.07) is 14.2. The summed E-state index contributed by atoms with van der Waals surface area (Å²) in [5.74, 6) is 0.107. The molecular weight excluding hydrogens is 286 g/mol. The molecule has 3 rings (SSSR count). The number of hydrogen-bond donors (Lipinski definition) is 0. The van der Waals surface area contributed by atoms with Crippen LogP contribution in [0.2, 0.25) is 0 Å². The fourth-order valence-corrected chi connectivity index (χ4v) is 2.83. The van der Waals surface area contributed by atoms with Crippen LogP contribution in [0.1, 0.15) is 6.92 Å². The molecule has 0 N–H and O–H groups in total. The molecular formula is C16H11NO3S. The van der Waals surface area contributed by atoms with Gasteiger partial charge in [-0.3, -0.25) is 9.59 Å². The van der Waals surface area contributed by atoms with E-state index >= 15 is 0 Å². The Morgan fingerprint density at radius 1 is 1.10 bits per heavy atom. The molecule has 21 heavy (non-hydrogen) atoms. The fourth-order valence-electron chi connectivity index (χ4n) is 1.97. The Bertz CT molecular complexity index is 869. The lowest BCUT2D eigenvalue weighted by molar-refractivity contribution is -0.131. The van der Waals surface area contributed by atoms with Gasteiger partial charge in [-0.2, -0.15) is 0 Å². The Labute approximate surface area is 124 Å². The van der Waals surface area contributed by atoms with Crippen LogP contribution < -0.4 is 9.48 Å². The highest BCUT2D eigenvalue weighted by molar-refractivity contribution is 7.13.